The minimum atomic E-state index is -0.327. The molecule has 2 heterocycles. The Labute approximate surface area is 198 Å². The molecule has 7 heteroatoms. The molecular weight excluding hydrogens is 436 g/mol. The third kappa shape index (κ3) is 5.32. The normalized spacial score (nSPS) is 14.1. The van der Waals surface area contributed by atoms with Crippen molar-refractivity contribution >= 4 is 23.3 Å². The van der Waals surface area contributed by atoms with Gasteiger partial charge in [0.15, 0.2) is 0 Å². The average molecular weight is 461 g/mol. The van der Waals surface area contributed by atoms with Crippen LogP contribution in [0.4, 0.5) is 5.95 Å². The second-order valence-corrected chi connectivity index (χ2v) is 9.09. The molecule has 0 N–H and O–H groups in total. The molecule has 3 aromatic rings. The SMILES string of the molecule is CC(C)(c1ccc(OCc2ccnc(N3CCC(=O)CC3)n2)cc1)c1cc(Cl)cc(C#N)c1. The molecule has 0 saturated carbocycles. The Balaban J connectivity index is 1.43. The van der Waals surface area contributed by atoms with Crippen molar-refractivity contribution in [3.05, 3.63) is 82.1 Å². The molecule has 0 unspecified atom stereocenters. The first-order valence-electron chi connectivity index (χ1n) is 10.9. The number of rotatable bonds is 6. The number of hydrogen-bond donors (Lipinski definition) is 0. The number of nitrogens with zero attached hydrogens (tertiary/aromatic N) is 4. The van der Waals surface area contributed by atoms with Gasteiger partial charge in [-0.05, 0) is 47.5 Å². The van der Waals surface area contributed by atoms with Crippen molar-refractivity contribution in [2.24, 2.45) is 0 Å². The topological polar surface area (TPSA) is 79.1 Å². The van der Waals surface area contributed by atoms with Crippen LogP contribution < -0.4 is 9.64 Å². The van der Waals surface area contributed by atoms with E-state index in [4.69, 9.17) is 16.3 Å². The molecule has 0 bridgehead atoms. The Hall–Kier alpha value is -3.43. The number of piperidine rings is 1. The number of carbonyl (C=O) groups excluding carboxylic acids is 1. The quantitative estimate of drug-likeness (QED) is 0.510. The summed E-state index contributed by atoms with van der Waals surface area (Å²) in [5.74, 6) is 1.67. The fourth-order valence-corrected chi connectivity index (χ4v) is 4.12. The molecule has 168 valence electrons. The average Bonchev–Trinajstić information content (AvgIpc) is 2.83. The van der Waals surface area contributed by atoms with Gasteiger partial charge in [-0.15, -0.1) is 0 Å². The molecule has 4 rings (SSSR count). The zero-order chi connectivity index (χ0) is 23.4. The zero-order valence-corrected chi connectivity index (χ0v) is 19.5. The fourth-order valence-electron chi connectivity index (χ4n) is 3.88. The molecule has 33 heavy (non-hydrogen) atoms. The molecule has 0 aliphatic carbocycles. The van der Waals surface area contributed by atoms with Gasteiger partial charge in [0.25, 0.3) is 0 Å². The van der Waals surface area contributed by atoms with Crippen LogP contribution in [0.2, 0.25) is 5.02 Å². The van der Waals surface area contributed by atoms with Gasteiger partial charge in [-0.1, -0.05) is 37.6 Å². The number of anilines is 1. The standard InChI is InChI=1S/C26H25ClN4O2/c1-26(2,20-13-18(16-28)14-21(27)15-20)19-3-5-24(6-4-19)33-17-22-7-10-29-25(30-22)31-11-8-23(32)9-12-31/h3-7,10,13-15H,8-9,11-12,17H2,1-2H3. The van der Waals surface area contributed by atoms with Crippen LogP contribution in [0.5, 0.6) is 5.75 Å². The van der Waals surface area contributed by atoms with Crippen molar-refractivity contribution in [3.63, 3.8) is 0 Å². The highest BCUT2D eigenvalue weighted by atomic mass is 35.5. The van der Waals surface area contributed by atoms with Crippen LogP contribution in [0.25, 0.3) is 0 Å². The van der Waals surface area contributed by atoms with Crippen LogP contribution in [0.1, 0.15) is 49.1 Å². The molecule has 1 aromatic heterocycles. The summed E-state index contributed by atoms with van der Waals surface area (Å²) < 4.78 is 5.95. The van der Waals surface area contributed by atoms with Crippen LogP contribution in [0, 0.1) is 11.3 Å². The first-order chi connectivity index (χ1) is 15.8. The van der Waals surface area contributed by atoms with Gasteiger partial charge in [0.1, 0.15) is 18.1 Å². The number of ether oxygens (including phenoxy) is 1. The number of hydrogen-bond acceptors (Lipinski definition) is 6. The van der Waals surface area contributed by atoms with Gasteiger partial charge in [-0.25, -0.2) is 9.97 Å². The van der Waals surface area contributed by atoms with E-state index in [0.29, 0.717) is 54.9 Å². The lowest BCUT2D eigenvalue weighted by Crippen LogP contribution is -2.35. The molecule has 0 spiro atoms. The minimum absolute atomic E-state index is 0.290. The van der Waals surface area contributed by atoms with Gasteiger partial charge < -0.3 is 9.64 Å². The smallest absolute Gasteiger partial charge is 0.225 e. The van der Waals surface area contributed by atoms with Gasteiger partial charge >= 0.3 is 0 Å². The molecular formula is C26H25ClN4O2. The number of aromatic nitrogens is 2. The third-order valence-electron chi connectivity index (χ3n) is 6.02. The van der Waals surface area contributed by atoms with E-state index in [2.05, 4.69) is 29.9 Å². The first-order valence-corrected chi connectivity index (χ1v) is 11.3. The lowest BCUT2D eigenvalue weighted by Gasteiger charge is -2.27. The molecule has 0 atom stereocenters. The monoisotopic (exact) mass is 460 g/mol. The maximum absolute atomic E-state index is 11.5. The number of ketones is 1. The highest BCUT2D eigenvalue weighted by Gasteiger charge is 2.24. The summed E-state index contributed by atoms with van der Waals surface area (Å²) in [5, 5.41) is 9.82. The van der Waals surface area contributed by atoms with Crippen molar-refractivity contribution in [3.8, 4) is 11.8 Å². The molecule has 0 amide bonds. The highest BCUT2D eigenvalue weighted by molar-refractivity contribution is 6.30. The van der Waals surface area contributed by atoms with Gasteiger partial charge in [-0.3, -0.25) is 4.79 Å². The Morgan fingerprint density at radius 2 is 1.82 bits per heavy atom. The first kappa shape index (κ1) is 22.8. The number of nitriles is 1. The molecule has 1 aliphatic rings. The van der Waals surface area contributed by atoms with Crippen molar-refractivity contribution < 1.29 is 9.53 Å². The minimum Gasteiger partial charge on any atom is -0.487 e. The third-order valence-corrected chi connectivity index (χ3v) is 6.23. The van der Waals surface area contributed by atoms with E-state index in [9.17, 15) is 10.1 Å². The molecule has 6 nitrogen and oxygen atoms in total. The fraction of sp³-hybridized carbons (Fsp3) is 0.308. The predicted octanol–water partition coefficient (Wildman–Crippen LogP) is 5.08. The lowest BCUT2D eigenvalue weighted by molar-refractivity contribution is -0.119. The van der Waals surface area contributed by atoms with E-state index in [1.807, 2.05) is 47.4 Å². The molecule has 1 fully saturated rings. The summed E-state index contributed by atoms with van der Waals surface area (Å²) in [7, 11) is 0. The van der Waals surface area contributed by atoms with E-state index in [0.717, 1.165) is 22.6 Å². The van der Waals surface area contributed by atoms with Gasteiger partial charge in [-0.2, -0.15) is 5.26 Å². The Kier molecular flexibility index (Phi) is 6.62. The van der Waals surface area contributed by atoms with Crippen molar-refractivity contribution in [2.45, 2.75) is 38.7 Å². The summed E-state index contributed by atoms with van der Waals surface area (Å²) in [6.07, 6.45) is 2.81. The summed E-state index contributed by atoms with van der Waals surface area (Å²) >= 11 is 6.21. The Bertz CT molecular complexity index is 1190. The van der Waals surface area contributed by atoms with Crippen LogP contribution in [0.15, 0.2) is 54.7 Å². The van der Waals surface area contributed by atoms with Gasteiger partial charge in [0.2, 0.25) is 5.95 Å². The van der Waals surface area contributed by atoms with E-state index in [1.165, 1.54) is 0 Å². The van der Waals surface area contributed by atoms with E-state index >= 15 is 0 Å². The summed E-state index contributed by atoms with van der Waals surface area (Å²) in [4.78, 5) is 22.5. The summed E-state index contributed by atoms with van der Waals surface area (Å²) in [6, 6.07) is 17.4. The van der Waals surface area contributed by atoms with Gasteiger partial charge in [0.05, 0.1) is 17.3 Å². The largest absolute Gasteiger partial charge is 0.487 e. The molecule has 1 aliphatic heterocycles. The second-order valence-electron chi connectivity index (χ2n) is 8.65. The number of Topliss-reactive ketones (excluding diaryl/α,β-unsaturated/α-hetero) is 1. The van der Waals surface area contributed by atoms with E-state index in [-0.39, 0.29) is 5.41 Å². The molecule has 0 radical (unpaired) electrons. The maximum Gasteiger partial charge on any atom is 0.225 e. The second kappa shape index (κ2) is 9.60. The highest BCUT2D eigenvalue weighted by Crippen LogP contribution is 2.34. The maximum atomic E-state index is 11.5. The van der Waals surface area contributed by atoms with Crippen LogP contribution in [-0.2, 0) is 16.8 Å². The molecule has 2 aromatic carbocycles. The van der Waals surface area contributed by atoms with Crippen molar-refractivity contribution in [1.29, 1.82) is 5.26 Å². The number of halogens is 1. The zero-order valence-electron chi connectivity index (χ0n) is 18.7. The molecule has 1 saturated heterocycles. The van der Waals surface area contributed by atoms with Crippen LogP contribution >= 0.6 is 11.6 Å². The van der Waals surface area contributed by atoms with E-state index < -0.39 is 0 Å². The predicted molar refractivity (Wildman–Crippen MR) is 128 cm³/mol. The van der Waals surface area contributed by atoms with E-state index in [1.54, 1.807) is 12.3 Å². The number of carbonyl (C=O) groups is 1. The summed E-state index contributed by atoms with van der Waals surface area (Å²) in [5.41, 5.74) is 3.07. The van der Waals surface area contributed by atoms with Crippen LogP contribution in [0.3, 0.4) is 0 Å². The Morgan fingerprint density at radius 1 is 1.09 bits per heavy atom. The van der Waals surface area contributed by atoms with Crippen molar-refractivity contribution in [1.82, 2.24) is 9.97 Å². The number of benzene rings is 2. The lowest BCUT2D eigenvalue weighted by atomic mass is 9.78. The summed E-state index contributed by atoms with van der Waals surface area (Å²) in [6.45, 7) is 5.84. The van der Waals surface area contributed by atoms with Crippen LogP contribution in [-0.4, -0.2) is 28.8 Å². The van der Waals surface area contributed by atoms with Gasteiger partial charge in [0, 0.05) is 42.6 Å². The Morgan fingerprint density at radius 3 is 2.52 bits per heavy atom. The van der Waals surface area contributed by atoms with Crippen molar-refractivity contribution in [2.75, 3.05) is 18.0 Å².